The standard InChI is InChI=1S/C15H11ClFNOS/c16-9-5-6-10(11(17)7-9)13(19)8-15-18-12-3-1-2-4-14(12)20-15/h1-7,13,19H,8H2. The highest BCUT2D eigenvalue weighted by molar-refractivity contribution is 7.18. The number of halogens is 2. The molecule has 0 saturated carbocycles. The van der Waals surface area contributed by atoms with Crippen LogP contribution in [0.5, 0.6) is 0 Å². The maximum Gasteiger partial charge on any atom is 0.130 e. The topological polar surface area (TPSA) is 33.1 Å². The molecule has 0 bridgehead atoms. The number of benzene rings is 2. The van der Waals surface area contributed by atoms with Gasteiger partial charge in [0.25, 0.3) is 0 Å². The molecule has 2 aromatic carbocycles. The maximum absolute atomic E-state index is 13.7. The molecule has 0 aliphatic heterocycles. The van der Waals surface area contributed by atoms with E-state index in [-0.39, 0.29) is 12.0 Å². The van der Waals surface area contributed by atoms with E-state index in [0.29, 0.717) is 5.02 Å². The van der Waals surface area contributed by atoms with Gasteiger partial charge in [-0.1, -0.05) is 29.8 Å². The van der Waals surface area contributed by atoms with Gasteiger partial charge in [-0.2, -0.15) is 0 Å². The number of hydrogen-bond donors (Lipinski definition) is 1. The zero-order valence-corrected chi connectivity index (χ0v) is 12.0. The Hall–Kier alpha value is -1.49. The molecule has 2 nitrogen and oxygen atoms in total. The summed E-state index contributed by atoms with van der Waals surface area (Å²) in [6.07, 6.45) is -0.634. The Morgan fingerprint density at radius 3 is 2.80 bits per heavy atom. The van der Waals surface area contributed by atoms with Crippen molar-refractivity contribution in [3.63, 3.8) is 0 Å². The second kappa shape index (κ2) is 5.48. The van der Waals surface area contributed by atoms with Gasteiger partial charge in [0.05, 0.1) is 21.3 Å². The van der Waals surface area contributed by atoms with Crippen LogP contribution in [0.3, 0.4) is 0 Å². The van der Waals surface area contributed by atoms with Gasteiger partial charge in [0.1, 0.15) is 5.82 Å². The van der Waals surface area contributed by atoms with Crippen molar-refractivity contribution in [2.45, 2.75) is 12.5 Å². The quantitative estimate of drug-likeness (QED) is 0.779. The average Bonchev–Trinajstić information content (AvgIpc) is 2.80. The molecule has 1 N–H and O–H groups in total. The normalized spacial score (nSPS) is 12.8. The van der Waals surface area contributed by atoms with E-state index < -0.39 is 11.9 Å². The lowest BCUT2D eigenvalue weighted by molar-refractivity contribution is 0.173. The first-order valence-corrected chi connectivity index (χ1v) is 7.30. The van der Waals surface area contributed by atoms with Crippen LogP contribution < -0.4 is 0 Å². The number of para-hydroxylation sites is 1. The van der Waals surface area contributed by atoms with Gasteiger partial charge >= 0.3 is 0 Å². The maximum atomic E-state index is 13.7. The molecule has 102 valence electrons. The molecule has 0 spiro atoms. The number of aliphatic hydroxyl groups excluding tert-OH is 1. The first-order valence-electron chi connectivity index (χ1n) is 6.11. The van der Waals surface area contributed by atoms with Gasteiger partial charge in [0.15, 0.2) is 0 Å². The smallest absolute Gasteiger partial charge is 0.130 e. The van der Waals surface area contributed by atoms with E-state index in [4.69, 9.17) is 11.6 Å². The minimum absolute atomic E-state index is 0.244. The molecule has 3 aromatic rings. The Morgan fingerprint density at radius 2 is 2.05 bits per heavy atom. The minimum atomic E-state index is -0.923. The fraction of sp³-hybridized carbons (Fsp3) is 0.133. The first-order chi connectivity index (χ1) is 9.63. The average molecular weight is 308 g/mol. The van der Waals surface area contributed by atoms with Gasteiger partial charge in [-0.3, -0.25) is 0 Å². The summed E-state index contributed by atoms with van der Waals surface area (Å²) in [5.74, 6) is -0.494. The third-order valence-corrected chi connectivity index (χ3v) is 4.32. The molecule has 1 unspecified atom stereocenters. The van der Waals surface area contributed by atoms with E-state index in [2.05, 4.69) is 4.98 Å². The Morgan fingerprint density at radius 1 is 1.25 bits per heavy atom. The molecule has 5 heteroatoms. The number of thiazole rings is 1. The monoisotopic (exact) mass is 307 g/mol. The highest BCUT2D eigenvalue weighted by atomic mass is 35.5. The molecule has 0 radical (unpaired) electrons. The van der Waals surface area contributed by atoms with Crippen LogP contribution in [0.4, 0.5) is 4.39 Å². The number of rotatable bonds is 3. The molecule has 0 fully saturated rings. The molecular formula is C15H11ClFNOS. The van der Waals surface area contributed by atoms with Crippen molar-refractivity contribution >= 4 is 33.2 Å². The third-order valence-electron chi connectivity index (χ3n) is 3.03. The van der Waals surface area contributed by atoms with Crippen LogP contribution in [-0.2, 0) is 6.42 Å². The highest BCUT2D eigenvalue weighted by Crippen LogP contribution is 2.28. The fourth-order valence-electron chi connectivity index (χ4n) is 2.05. The number of nitrogens with zero attached hydrogens (tertiary/aromatic N) is 1. The Kier molecular flexibility index (Phi) is 3.70. The second-order valence-electron chi connectivity index (χ2n) is 4.46. The van der Waals surface area contributed by atoms with Crippen molar-refractivity contribution in [2.75, 3.05) is 0 Å². The lowest BCUT2D eigenvalue weighted by Gasteiger charge is -2.10. The van der Waals surface area contributed by atoms with E-state index in [0.717, 1.165) is 15.2 Å². The third kappa shape index (κ3) is 2.68. The highest BCUT2D eigenvalue weighted by Gasteiger charge is 2.16. The van der Waals surface area contributed by atoms with E-state index in [1.54, 1.807) is 6.07 Å². The lowest BCUT2D eigenvalue weighted by Crippen LogP contribution is -2.04. The molecular weight excluding hydrogens is 297 g/mol. The SMILES string of the molecule is OC(Cc1nc2ccccc2s1)c1ccc(Cl)cc1F. The van der Waals surface area contributed by atoms with Gasteiger partial charge in [-0.15, -0.1) is 11.3 Å². The number of aromatic nitrogens is 1. The van der Waals surface area contributed by atoms with Crippen LogP contribution in [0, 0.1) is 5.82 Å². The van der Waals surface area contributed by atoms with Gasteiger partial charge in [0, 0.05) is 17.0 Å². The van der Waals surface area contributed by atoms with Crippen LogP contribution in [0.1, 0.15) is 16.7 Å². The molecule has 1 atom stereocenters. The number of fused-ring (bicyclic) bond motifs is 1. The van der Waals surface area contributed by atoms with E-state index in [9.17, 15) is 9.50 Å². The van der Waals surface area contributed by atoms with Crippen molar-refractivity contribution in [3.05, 3.63) is 63.9 Å². The van der Waals surface area contributed by atoms with Gasteiger partial charge in [-0.25, -0.2) is 9.37 Å². The van der Waals surface area contributed by atoms with Crippen LogP contribution in [0.2, 0.25) is 5.02 Å². The summed E-state index contributed by atoms with van der Waals surface area (Å²) in [7, 11) is 0. The molecule has 1 aromatic heterocycles. The largest absolute Gasteiger partial charge is 0.388 e. The summed E-state index contributed by atoms with van der Waals surface area (Å²) in [6, 6.07) is 12.0. The lowest BCUT2D eigenvalue weighted by atomic mass is 10.1. The summed E-state index contributed by atoms with van der Waals surface area (Å²) in [6.45, 7) is 0. The van der Waals surface area contributed by atoms with Crippen molar-refractivity contribution in [2.24, 2.45) is 0 Å². The van der Waals surface area contributed by atoms with Crippen molar-refractivity contribution in [3.8, 4) is 0 Å². The van der Waals surface area contributed by atoms with Crippen molar-refractivity contribution in [1.82, 2.24) is 4.98 Å². The van der Waals surface area contributed by atoms with Crippen molar-refractivity contribution < 1.29 is 9.50 Å². The summed E-state index contributed by atoms with van der Waals surface area (Å²) < 4.78 is 14.8. The molecule has 3 rings (SSSR count). The summed E-state index contributed by atoms with van der Waals surface area (Å²) in [4.78, 5) is 4.44. The zero-order chi connectivity index (χ0) is 14.1. The Balaban J connectivity index is 1.86. The number of aliphatic hydroxyl groups is 1. The molecule has 0 saturated heterocycles. The van der Waals surface area contributed by atoms with E-state index in [1.807, 2.05) is 24.3 Å². The van der Waals surface area contributed by atoms with E-state index >= 15 is 0 Å². The molecule has 0 amide bonds. The van der Waals surface area contributed by atoms with E-state index in [1.165, 1.54) is 23.5 Å². The summed E-state index contributed by atoms with van der Waals surface area (Å²) in [5, 5.41) is 11.3. The second-order valence-corrected chi connectivity index (χ2v) is 6.01. The molecule has 0 aliphatic carbocycles. The van der Waals surface area contributed by atoms with Crippen LogP contribution in [0.25, 0.3) is 10.2 Å². The van der Waals surface area contributed by atoms with Gasteiger partial charge in [0.2, 0.25) is 0 Å². The zero-order valence-electron chi connectivity index (χ0n) is 10.4. The van der Waals surface area contributed by atoms with Gasteiger partial charge in [-0.05, 0) is 24.3 Å². The predicted molar refractivity (Wildman–Crippen MR) is 79.7 cm³/mol. The van der Waals surface area contributed by atoms with Crippen LogP contribution >= 0.6 is 22.9 Å². The Bertz CT molecular complexity index is 725. The predicted octanol–water partition coefficient (Wildman–Crippen LogP) is 4.36. The molecule has 1 heterocycles. The minimum Gasteiger partial charge on any atom is -0.388 e. The Labute approximate surface area is 124 Å². The molecule has 20 heavy (non-hydrogen) atoms. The van der Waals surface area contributed by atoms with Crippen molar-refractivity contribution in [1.29, 1.82) is 0 Å². The molecule has 0 aliphatic rings. The summed E-state index contributed by atoms with van der Waals surface area (Å²) in [5.41, 5.74) is 1.14. The summed E-state index contributed by atoms with van der Waals surface area (Å²) >= 11 is 7.21. The van der Waals surface area contributed by atoms with Gasteiger partial charge < -0.3 is 5.11 Å². The number of hydrogen-bond acceptors (Lipinski definition) is 3. The fourth-order valence-corrected chi connectivity index (χ4v) is 3.22. The first kappa shape index (κ1) is 13.5. The van der Waals surface area contributed by atoms with Crippen LogP contribution in [0.15, 0.2) is 42.5 Å². The van der Waals surface area contributed by atoms with Crippen LogP contribution in [-0.4, -0.2) is 10.1 Å².